The summed E-state index contributed by atoms with van der Waals surface area (Å²) in [7, 11) is 0. The van der Waals surface area contributed by atoms with Crippen LogP contribution in [0.15, 0.2) is 91.0 Å². The minimum absolute atomic E-state index is 0.0872. The van der Waals surface area contributed by atoms with Gasteiger partial charge in [0.25, 0.3) is 0 Å². The monoisotopic (exact) mass is 526 g/mol. The van der Waals surface area contributed by atoms with Crippen molar-refractivity contribution < 1.29 is 17.9 Å². The van der Waals surface area contributed by atoms with Crippen LogP contribution in [0.2, 0.25) is 10.0 Å². The number of halogens is 5. The van der Waals surface area contributed by atoms with E-state index >= 15 is 0 Å². The van der Waals surface area contributed by atoms with Gasteiger partial charge in [0.05, 0.1) is 17.8 Å². The van der Waals surface area contributed by atoms with Crippen LogP contribution in [0.25, 0.3) is 22.2 Å². The molecule has 0 aliphatic rings. The number of alkyl halides is 3. The molecule has 0 aliphatic carbocycles. The average Bonchev–Trinajstić information content (AvgIpc) is 3.20. The topological polar surface area (TPSA) is 27.1 Å². The number of aromatic nitrogens is 2. The third-order valence-corrected chi connectivity index (χ3v) is 6.12. The summed E-state index contributed by atoms with van der Waals surface area (Å²) in [5.74, 6) is 0.552. The predicted octanol–water partition coefficient (Wildman–Crippen LogP) is 8.66. The molecule has 0 aliphatic heterocycles. The largest absolute Gasteiger partial charge is 0.489 e. The van der Waals surface area contributed by atoms with Crippen LogP contribution in [-0.2, 0) is 19.3 Å². The Kier molecular flexibility index (Phi) is 6.65. The Morgan fingerprint density at radius 2 is 1.50 bits per heavy atom. The highest BCUT2D eigenvalue weighted by molar-refractivity contribution is 6.34. The van der Waals surface area contributed by atoms with E-state index in [-0.39, 0.29) is 12.1 Å². The molecule has 0 saturated carbocycles. The SMILES string of the molecule is FC(F)(F)c1cccc2c(-c3cccc(OCc4cc(Cl)cc(Cl)c4)c3)n(Cc3ccccc3)nc12. The molecule has 0 unspecified atom stereocenters. The third-order valence-electron chi connectivity index (χ3n) is 5.69. The minimum atomic E-state index is -4.52. The molecule has 5 aromatic rings. The lowest BCUT2D eigenvalue weighted by Gasteiger charge is -2.11. The van der Waals surface area contributed by atoms with E-state index in [9.17, 15) is 13.2 Å². The van der Waals surface area contributed by atoms with Crippen molar-refractivity contribution in [3.8, 4) is 17.0 Å². The van der Waals surface area contributed by atoms with Gasteiger partial charge < -0.3 is 4.74 Å². The van der Waals surface area contributed by atoms with Gasteiger partial charge in [0.15, 0.2) is 0 Å². The molecule has 0 bridgehead atoms. The van der Waals surface area contributed by atoms with E-state index in [1.54, 1.807) is 47.1 Å². The van der Waals surface area contributed by atoms with Gasteiger partial charge in [0.2, 0.25) is 0 Å². The Labute approximate surface area is 215 Å². The quantitative estimate of drug-likeness (QED) is 0.221. The molecule has 0 saturated heterocycles. The summed E-state index contributed by atoms with van der Waals surface area (Å²) in [5.41, 5.74) is 2.14. The summed E-state index contributed by atoms with van der Waals surface area (Å²) in [5, 5.41) is 5.85. The molecule has 182 valence electrons. The van der Waals surface area contributed by atoms with Crippen LogP contribution in [0.4, 0.5) is 13.2 Å². The van der Waals surface area contributed by atoms with Crippen LogP contribution in [0.1, 0.15) is 16.7 Å². The second-order valence-electron chi connectivity index (χ2n) is 8.29. The van der Waals surface area contributed by atoms with Gasteiger partial charge in [-0.05, 0) is 47.5 Å². The van der Waals surface area contributed by atoms with Crippen molar-refractivity contribution >= 4 is 34.1 Å². The van der Waals surface area contributed by atoms with Crippen molar-refractivity contribution in [3.63, 3.8) is 0 Å². The molecule has 0 spiro atoms. The number of hydrogen-bond donors (Lipinski definition) is 0. The lowest BCUT2D eigenvalue weighted by atomic mass is 10.0. The van der Waals surface area contributed by atoms with Gasteiger partial charge >= 0.3 is 6.18 Å². The molecular formula is C28H19Cl2F3N2O. The normalized spacial score (nSPS) is 11.7. The van der Waals surface area contributed by atoms with E-state index in [0.717, 1.165) is 17.2 Å². The van der Waals surface area contributed by atoms with Gasteiger partial charge in [0, 0.05) is 21.0 Å². The number of fused-ring (bicyclic) bond motifs is 1. The molecule has 1 heterocycles. The molecule has 36 heavy (non-hydrogen) atoms. The zero-order chi connectivity index (χ0) is 25.3. The summed E-state index contributed by atoms with van der Waals surface area (Å²) in [6.45, 7) is 0.542. The molecule has 0 radical (unpaired) electrons. The second-order valence-corrected chi connectivity index (χ2v) is 9.16. The highest BCUT2D eigenvalue weighted by Crippen LogP contribution is 2.38. The van der Waals surface area contributed by atoms with E-state index in [4.69, 9.17) is 27.9 Å². The first kappa shape index (κ1) is 24.2. The van der Waals surface area contributed by atoms with Gasteiger partial charge in [-0.3, -0.25) is 4.68 Å². The van der Waals surface area contributed by atoms with Crippen LogP contribution in [-0.4, -0.2) is 9.78 Å². The Morgan fingerprint density at radius 3 is 2.22 bits per heavy atom. The van der Waals surface area contributed by atoms with Crippen LogP contribution in [0.3, 0.4) is 0 Å². The lowest BCUT2D eigenvalue weighted by molar-refractivity contribution is -0.136. The Balaban J connectivity index is 1.57. The predicted molar refractivity (Wildman–Crippen MR) is 137 cm³/mol. The van der Waals surface area contributed by atoms with Crippen LogP contribution < -0.4 is 4.74 Å². The van der Waals surface area contributed by atoms with Crippen molar-refractivity contribution in [2.24, 2.45) is 0 Å². The summed E-state index contributed by atoms with van der Waals surface area (Å²) >= 11 is 12.2. The fraction of sp³-hybridized carbons (Fsp3) is 0.107. The van der Waals surface area contributed by atoms with E-state index < -0.39 is 11.7 Å². The van der Waals surface area contributed by atoms with Gasteiger partial charge in [-0.2, -0.15) is 18.3 Å². The summed E-state index contributed by atoms with van der Waals surface area (Å²) in [6, 6.07) is 26.0. The molecule has 0 fully saturated rings. The van der Waals surface area contributed by atoms with Gasteiger partial charge in [-0.1, -0.05) is 77.8 Å². The fourth-order valence-corrected chi connectivity index (χ4v) is 4.72. The zero-order valence-corrected chi connectivity index (χ0v) is 20.3. The molecule has 8 heteroatoms. The average molecular weight is 527 g/mol. The summed E-state index contributed by atoms with van der Waals surface area (Å²) in [6.07, 6.45) is -4.52. The summed E-state index contributed by atoms with van der Waals surface area (Å²) < 4.78 is 48.9. The van der Waals surface area contributed by atoms with Crippen molar-refractivity contribution in [2.75, 3.05) is 0 Å². The third kappa shape index (κ3) is 5.20. The van der Waals surface area contributed by atoms with Crippen molar-refractivity contribution in [1.29, 1.82) is 0 Å². The molecule has 5 rings (SSSR count). The Hall–Kier alpha value is -3.48. The number of hydrogen-bond acceptors (Lipinski definition) is 2. The summed E-state index contributed by atoms with van der Waals surface area (Å²) in [4.78, 5) is 0. The van der Waals surface area contributed by atoms with Crippen LogP contribution >= 0.6 is 23.2 Å². The number of nitrogens with zero attached hydrogens (tertiary/aromatic N) is 2. The Morgan fingerprint density at radius 1 is 0.778 bits per heavy atom. The van der Waals surface area contributed by atoms with Gasteiger partial charge in [-0.15, -0.1) is 0 Å². The number of rotatable bonds is 6. The van der Waals surface area contributed by atoms with Gasteiger partial charge in [0.1, 0.15) is 17.9 Å². The van der Waals surface area contributed by atoms with E-state index in [1.807, 2.05) is 36.4 Å². The first-order chi connectivity index (χ1) is 17.3. The number of benzene rings is 4. The molecule has 3 nitrogen and oxygen atoms in total. The molecule has 0 amide bonds. The maximum Gasteiger partial charge on any atom is 0.418 e. The highest BCUT2D eigenvalue weighted by atomic mass is 35.5. The molecule has 0 N–H and O–H groups in total. The van der Waals surface area contributed by atoms with Crippen molar-refractivity contribution in [1.82, 2.24) is 9.78 Å². The van der Waals surface area contributed by atoms with E-state index in [2.05, 4.69) is 5.10 Å². The van der Waals surface area contributed by atoms with Crippen molar-refractivity contribution in [2.45, 2.75) is 19.3 Å². The first-order valence-corrected chi connectivity index (χ1v) is 11.8. The smallest absolute Gasteiger partial charge is 0.418 e. The first-order valence-electron chi connectivity index (χ1n) is 11.1. The molecule has 1 aromatic heterocycles. The maximum atomic E-state index is 13.8. The second kappa shape index (κ2) is 9.88. The Bertz CT molecular complexity index is 1510. The molecule has 4 aromatic carbocycles. The minimum Gasteiger partial charge on any atom is -0.489 e. The van der Waals surface area contributed by atoms with E-state index in [0.29, 0.717) is 39.0 Å². The van der Waals surface area contributed by atoms with Crippen LogP contribution in [0, 0.1) is 0 Å². The number of ether oxygens (including phenoxy) is 1. The molecular weight excluding hydrogens is 508 g/mol. The molecule has 0 atom stereocenters. The highest BCUT2D eigenvalue weighted by Gasteiger charge is 2.34. The lowest BCUT2D eigenvalue weighted by Crippen LogP contribution is -2.06. The van der Waals surface area contributed by atoms with Crippen LogP contribution in [0.5, 0.6) is 5.75 Å². The van der Waals surface area contributed by atoms with Gasteiger partial charge in [-0.25, -0.2) is 0 Å². The maximum absolute atomic E-state index is 13.8. The fourth-order valence-electron chi connectivity index (χ4n) is 4.15. The standard InChI is InChI=1S/C28H19Cl2F3N2O/c29-21-12-19(13-22(30)15-21)17-36-23-9-4-8-20(14-23)27-24-10-5-11-25(28(31,32)33)26(24)34-35(27)16-18-6-2-1-3-7-18/h1-15H,16-17H2. The zero-order valence-electron chi connectivity index (χ0n) is 18.8. The van der Waals surface area contributed by atoms with E-state index in [1.165, 1.54) is 6.07 Å². The van der Waals surface area contributed by atoms with Crippen molar-refractivity contribution in [3.05, 3.63) is 118 Å².